The molecule has 4 amide bonds. The maximum Gasteiger partial charge on any atom is 0.325 e. The maximum atomic E-state index is 13.3. The van der Waals surface area contributed by atoms with Gasteiger partial charge >= 0.3 is 6.03 Å². The Labute approximate surface area is 169 Å². The molecule has 1 atom stereocenters. The van der Waals surface area contributed by atoms with Gasteiger partial charge in [0.2, 0.25) is 5.91 Å². The van der Waals surface area contributed by atoms with Crippen molar-refractivity contribution in [1.29, 1.82) is 0 Å². The van der Waals surface area contributed by atoms with Crippen LogP contribution in [0.3, 0.4) is 0 Å². The monoisotopic (exact) mass is 397 g/mol. The van der Waals surface area contributed by atoms with Gasteiger partial charge in [-0.15, -0.1) is 0 Å². The zero-order chi connectivity index (χ0) is 21.2. The van der Waals surface area contributed by atoms with Crippen LogP contribution < -0.4 is 10.2 Å². The Balaban J connectivity index is 1.87. The highest BCUT2D eigenvalue weighted by Crippen LogP contribution is 2.32. The van der Waals surface area contributed by atoms with Gasteiger partial charge in [0.15, 0.2) is 0 Å². The average molecular weight is 397 g/mol. The molecule has 1 fully saturated rings. The molecule has 152 valence electrons. The molecule has 6 nitrogen and oxygen atoms in total. The van der Waals surface area contributed by atoms with Gasteiger partial charge in [-0.25, -0.2) is 9.18 Å². The van der Waals surface area contributed by atoms with Crippen molar-refractivity contribution >= 4 is 23.5 Å². The lowest BCUT2D eigenvalue weighted by Crippen LogP contribution is -2.47. The summed E-state index contributed by atoms with van der Waals surface area (Å²) >= 11 is 0. The molecule has 1 saturated heterocycles. The van der Waals surface area contributed by atoms with Gasteiger partial charge in [0.1, 0.15) is 17.9 Å². The molecule has 1 aliphatic heterocycles. The number of amides is 4. The lowest BCUT2D eigenvalue weighted by molar-refractivity contribution is -0.134. The lowest BCUT2D eigenvalue weighted by atomic mass is 9.87. The van der Waals surface area contributed by atoms with Crippen LogP contribution in [0.25, 0.3) is 0 Å². The highest BCUT2D eigenvalue weighted by Gasteiger charge is 2.51. The van der Waals surface area contributed by atoms with Crippen molar-refractivity contribution < 1.29 is 18.8 Å². The van der Waals surface area contributed by atoms with Crippen molar-refractivity contribution in [3.63, 3.8) is 0 Å². The molecular formula is C22H24FN3O3. The normalized spacial score (nSPS) is 18.9. The van der Waals surface area contributed by atoms with Crippen LogP contribution in [0.5, 0.6) is 0 Å². The molecule has 0 spiro atoms. The number of hydrogen-bond acceptors (Lipinski definition) is 3. The van der Waals surface area contributed by atoms with E-state index < -0.39 is 23.3 Å². The summed E-state index contributed by atoms with van der Waals surface area (Å²) in [6.45, 7) is 5.12. The number of hydrogen-bond donors (Lipinski definition) is 1. The fourth-order valence-corrected chi connectivity index (χ4v) is 3.67. The summed E-state index contributed by atoms with van der Waals surface area (Å²) in [6.07, 6.45) is 0.278. The lowest BCUT2D eigenvalue weighted by Gasteiger charge is -2.29. The highest BCUT2D eigenvalue weighted by atomic mass is 19.1. The first-order valence-corrected chi connectivity index (χ1v) is 9.57. The van der Waals surface area contributed by atoms with E-state index in [2.05, 4.69) is 5.32 Å². The molecule has 2 aromatic rings. The second-order valence-corrected chi connectivity index (χ2v) is 7.28. The minimum atomic E-state index is -1.31. The zero-order valence-corrected chi connectivity index (χ0v) is 16.7. The second-order valence-electron chi connectivity index (χ2n) is 7.28. The largest absolute Gasteiger partial charge is 0.325 e. The van der Waals surface area contributed by atoms with Gasteiger partial charge in [0.25, 0.3) is 5.91 Å². The summed E-state index contributed by atoms with van der Waals surface area (Å²) < 4.78 is 13.3. The van der Waals surface area contributed by atoms with Crippen molar-refractivity contribution in [2.45, 2.75) is 38.8 Å². The smallest absolute Gasteiger partial charge is 0.319 e. The summed E-state index contributed by atoms with van der Waals surface area (Å²) in [5, 5.41) is 2.71. The number of para-hydroxylation sites is 1. The molecular weight excluding hydrogens is 373 g/mol. The summed E-state index contributed by atoms with van der Waals surface area (Å²) in [5.41, 5.74) is -0.126. The third kappa shape index (κ3) is 3.72. The molecule has 29 heavy (non-hydrogen) atoms. The third-order valence-corrected chi connectivity index (χ3v) is 5.16. The van der Waals surface area contributed by atoms with E-state index >= 15 is 0 Å². The summed E-state index contributed by atoms with van der Waals surface area (Å²) in [6, 6.07) is 13.8. The number of carbonyl (C=O) groups is 3. The minimum absolute atomic E-state index is 0.154. The van der Waals surface area contributed by atoms with Crippen LogP contribution in [0.4, 0.5) is 14.9 Å². The molecule has 0 aromatic heterocycles. The predicted octanol–water partition coefficient (Wildman–Crippen LogP) is 3.42. The first kappa shape index (κ1) is 20.5. The Kier molecular flexibility index (Phi) is 5.68. The van der Waals surface area contributed by atoms with E-state index in [-0.39, 0.29) is 24.9 Å². The minimum Gasteiger partial charge on any atom is -0.319 e. The highest BCUT2D eigenvalue weighted by molar-refractivity contribution is 6.10. The van der Waals surface area contributed by atoms with E-state index in [1.54, 1.807) is 24.0 Å². The van der Waals surface area contributed by atoms with Crippen LogP contribution in [-0.2, 0) is 15.1 Å². The second kappa shape index (κ2) is 8.03. The maximum absolute atomic E-state index is 13.3. The summed E-state index contributed by atoms with van der Waals surface area (Å²) in [7, 11) is 0. The summed E-state index contributed by atoms with van der Waals surface area (Å²) in [5.74, 6) is -1.30. The van der Waals surface area contributed by atoms with Crippen molar-refractivity contribution in [2.24, 2.45) is 0 Å². The van der Waals surface area contributed by atoms with E-state index in [9.17, 15) is 18.8 Å². The molecule has 2 aromatic carbocycles. The Morgan fingerprint density at radius 3 is 2.28 bits per heavy atom. The number of rotatable bonds is 6. The van der Waals surface area contributed by atoms with Crippen molar-refractivity contribution in [2.75, 3.05) is 11.4 Å². The number of anilines is 1. The number of imide groups is 1. The van der Waals surface area contributed by atoms with E-state index in [1.165, 1.54) is 24.3 Å². The number of benzene rings is 2. The van der Waals surface area contributed by atoms with Gasteiger partial charge in [0.05, 0.1) is 0 Å². The van der Waals surface area contributed by atoms with Gasteiger partial charge in [-0.2, -0.15) is 0 Å². The molecule has 1 aliphatic rings. The van der Waals surface area contributed by atoms with Crippen LogP contribution in [-0.4, -0.2) is 35.3 Å². The van der Waals surface area contributed by atoms with E-state index in [0.29, 0.717) is 11.3 Å². The Bertz CT molecular complexity index is 915. The molecule has 1 N–H and O–H groups in total. The molecule has 0 unspecified atom stereocenters. The van der Waals surface area contributed by atoms with Crippen molar-refractivity contribution in [1.82, 2.24) is 10.2 Å². The number of nitrogens with one attached hydrogen (secondary N) is 1. The van der Waals surface area contributed by atoms with E-state index in [1.807, 2.05) is 32.0 Å². The molecule has 0 saturated carbocycles. The van der Waals surface area contributed by atoms with Gasteiger partial charge in [-0.3, -0.25) is 14.5 Å². The van der Waals surface area contributed by atoms with Gasteiger partial charge in [0, 0.05) is 11.7 Å². The SMILES string of the molecule is CC[C@]1(c2ccc(F)cc2)NC(=O)N(CC(=O)N(c2ccccc2)C(C)C)C1=O. The molecule has 1 heterocycles. The first-order valence-electron chi connectivity index (χ1n) is 9.57. The van der Waals surface area contributed by atoms with Crippen LogP contribution in [0.1, 0.15) is 32.8 Å². The standard InChI is InChI=1S/C22H24FN3O3/c1-4-22(16-10-12-17(23)13-11-16)20(28)25(21(29)24-22)14-19(27)26(15(2)3)18-8-6-5-7-9-18/h5-13,15H,4,14H2,1-3H3,(H,24,29)/t22-/m1/s1. The van der Waals surface area contributed by atoms with Crippen molar-refractivity contribution in [3.8, 4) is 0 Å². The van der Waals surface area contributed by atoms with Gasteiger partial charge in [-0.1, -0.05) is 37.3 Å². The number of urea groups is 1. The predicted molar refractivity (Wildman–Crippen MR) is 108 cm³/mol. The third-order valence-electron chi connectivity index (χ3n) is 5.16. The Hall–Kier alpha value is -3.22. The number of nitrogens with zero attached hydrogens (tertiary/aromatic N) is 2. The average Bonchev–Trinajstić information content (AvgIpc) is 2.94. The van der Waals surface area contributed by atoms with E-state index in [4.69, 9.17) is 0 Å². The summed E-state index contributed by atoms with van der Waals surface area (Å²) in [4.78, 5) is 41.3. The Morgan fingerprint density at radius 1 is 1.10 bits per heavy atom. The Morgan fingerprint density at radius 2 is 1.72 bits per heavy atom. The molecule has 0 radical (unpaired) electrons. The molecule has 0 aliphatic carbocycles. The van der Waals surface area contributed by atoms with Gasteiger partial charge in [-0.05, 0) is 50.1 Å². The molecule has 7 heteroatoms. The molecule has 3 rings (SSSR count). The van der Waals surface area contributed by atoms with Gasteiger partial charge < -0.3 is 10.2 Å². The van der Waals surface area contributed by atoms with Crippen LogP contribution in [0.2, 0.25) is 0 Å². The van der Waals surface area contributed by atoms with Crippen LogP contribution >= 0.6 is 0 Å². The fourth-order valence-electron chi connectivity index (χ4n) is 3.67. The first-order chi connectivity index (χ1) is 13.8. The quantitative estimate of drug-likeness (QED) is 0.760. The van der Waals surface area contributed by atoms with Crippen molar-refractivity contribution in [3.05, 3.63) is 66.0 Å². The van der Waals surface area contributed by atoms with E-state index in [0.717, 1.165) is 4.90 Å². The zero-order valence-electron chi connectivity index (χ0n) is 16.7. The topological polar surface area (TPSA) is 69.7 Å². The fraction of sp³-hybridized carbons (Fsp3) is 0.318. The van der Waals surface area contributed by atoms with Crippen LogP contribution in [0, 0.1) is 5.82 Å². The molecule has 0 bridgehead atoms. The van der Waals surface area contributed by atoms with Crippen LogP contribution in [0.15, 0.2) is 54.6 Å². The number of halogens is 1. The number of carbonyl (C=O) groups excluding carboxylic acids is 3.